The van der Waals surface area contributed by atoms with Crippen molar-refractivity contribution in [2.45, 2.75) is 39.6 Å². The van der Waals surface area contributed by atoms with E-state index in [1.807, 2.05) is 0 Å². The maximum absolute atomic E-state index is 13.9. The molecule has 0 radical (unpaired) electrons. The molecule has 0 unspecified atom stereocenters. The van der Waals surface area contributed by atoms with Gasteiger partial charge in [0.15, 0.2) is 5.78 Å². The fourth-order valence-corrected chi connectivity index (χ4v) is 3.53. The minimum absolute atomic E-state index is 0.0252. The Hall–Kier alpha value is -3.83. The number of alkyl halides is 3. The van der Waals surface area contributed by atoms with Crippen LogP contribution in [0.5, 0.6) is 5.88 Å². The number of halogens is 5. The average molecular weight is 479 g/mol. The standard InChI is InChI=1S/C22H18F5N5O2/c1-12-8-32-19(18(33)6-14-7-28-31(9-14)11-22(25,26)27)13(2)30-20(32)21(29-12)34-10-15-16(23)4-3-5-17(15)24/h3-5,7-9H,6,10-11H2,1-2H3. The first-order valence-corrected chi connectivity index (χ1v) is 10.0. The van der Waals surface area contributed by atoms with E-state index in [0.29, 0.717) is 21.6 Å². The molecule has 1 aromatic carbocycles. The first-order valence-electron chi connectivity index (χ1n) is 10.0. The predicted molar refractivity (Wildman–Crippen MR) is 109 cm³/mol. The van der Waals surface area contributed by atoms with Crippen LogP contribution in [-0.2, 0) is 19.6 Å². The predicted octanol–water partition coefficient (Wildman–Crippen LogP) is 4.39. The molecule has 0 aliphatic heterocycles. The number of aryl methyl sites for hydroxylation is 2. The van der Waals surface area contributed by atoms with E-state index < -0.39 is 36.7 Å². The Morgan fingerprint density at radius 1 is 1.09 bits per heavy atom. The second-order valence-electron chi connectivity index (χ2n) is 7.68. The van der Waals surface area contributed by atoms with Crippen LogP contribution in [0.3, 0.4) is 0 Å². The maximum Gasteiger partial charge on any atom is 0.408 e. The first kappa shape index (κ1) is 23.3. The van der Waals surface area contributed by atoms with Crippen LogP contribution in [0.4, 0.5) is 22.0 Å². The van der Waals surface area contributed by atoms with Gasteiger partial charge in [0.1, 0.15) is 30.5 Å². The highest BCUT2D eigenvalue weighted by atomic mass is 19.4. The van der Waals surface area contributed by atoms with Crippen LogP contribution in [0, 0.1) is 25.5 Å². The van der Waals surface area contributed by atoms with E-state index >= 15 is 0 Å². The Bertz CT molecular complexity index is 1360. The molecular weight excluding hydrogens is 461 g/mol. The molecule has 0 bridgehead atoms. The lowest BCUT2D eigenvalue weighted by Gasteiger charge is -2.10. The van der Waals surface area contributed by atoms with E-state index in [2.05, 4.69) is 15.1 Å². The van der Waals surface area contributed by atoms with E-state index in [0.717, 1.165) is 18.3 Å². The van der Waals surface area contributed by atoms with Gasteiger partial charge in [-0.25, -0.2) is 18.7 Å². The number of aromatic nitrogens is 5. The van der Waals surface area contributed by atoms with E-state index in [-0.39, 0.29) is 29.2 Å². The van der Waals surface area contributed by atoms with Crippen LogP contribution < -0.4 is 4.74 Å². The van der Waals surface area contributed by atoms with Crippen molar-refractivity contribution in [3.63, 3.8) is 0 Å². The minimum Gasteiger partial charge on any atom is -0.470 e. The van der Waals surface area contributed by atoms with Gasteiger partial charge in [0.2, 0.25) is 5.65 Å². The lowest BCUT2D eigenvalue weighted by Crippen LogP contribution is -2.17. The zero-order chi connectivity index (χ0) is 24.6. The number of hydrogen-bond acceptors (Lipinski definition) is 5. The molecular formula is C22H18F5N5O2. The number of benzene rings is 1. The number of hydrogen-bond donors (Lipinski definition) is 0. The molecule has 4 rings (SSSR count). The van der Waals surface area contributed by atoms with Gasteiger partial charge in [0.25, 0.3) is 5.88 Å². The summed E-state index contributed by atoms with van der Waals surface area (Å²) < 4.78 is 73.3. The van der Waals surface area contributed by atoms with Gasteiger partial charge in [0, 0.05) is 18.8 Å². The Kier molecular flexibility index (Phi) is 6.07. The molecule has 0 N–H and O–H groups in total. The number of rotatable bonds is 7. The summed E-state index contributed by atoms with van der Waals surface area (Å²) in [5.74, 6) is -1.98. The number of fused-ring (bicyclic) bond motifs is 1. The second kappa shape index (κ2) is 8.84. The monoisotopic (exact) mass is 479 g/mol. The fourth-order valence-electron chi connectivity index (χ4n) is 3.53. The summed E-state index contributed by atoms with van der Waals surface area (Å²) in [4.78, 5) is 21.6. The normalized spacial score (nSPS) is 11.9. The molecule has 7 nitrogen and oxygen atoms in total. The molecule has 0 atom stereocenters. The molecule has 0 spiro atoms. The van der Waals surface area contributed by atoms with E-state index in [1.54, 1.807) is 20.0 Å². The number of carbonyl (C=O) groups excluding carboxylic acids is 1. The Balaban J connectivity index is 1.61. The topological polar surface area (TPSA) is 74.3 Å². The Morgan fingerprint density at radius 2 is 1.79 bits per heavy atom. The molecule has 3 heterocycles. The number of Topliss-reactive ketones (excluding diaryl/α,β-unsaturated/α-hetero) is 1. The maximum atomic E-state index is 13.9. The highest BCUT2D eigenvalue weighted by Gasteiger charge is 2.28. The molecule has 0 saturated heterocycles. The van der Waals surface area contributed by atoms with Gasteiger partial charge >= 0.3 is 6.18 Å². The SMILES string of the molecule is Cc1cn2c(C(=O)Cc3cnn(CC(F)(F)F)c3)c(C)nc2c(OCc2c(F)cccc2F)n1. The molecule has 0 fully saturated rings. The molecule has 4 aromatic rings. The highest BCUT2D eigenvalue weighted by Crippen LogP contribution is 2.24. The van der Waals surface area contributed by atoms with E-state index in [4.69, 9.17) is 4.74 Å². The molecule has 3 aromatic heterocycles. The summed E-state index contributed by atoms with van der Waals surface area (Å²) in [6.45, 7) is 1.52. The largest absolute Gasteiger partial charge is 0.470 e. The number of nitrogens with zero attached hydrogens (tertiary/aromatic N) is 5. The summed E-state index contributed by atoms with van der Waals surface area (Å²) in [5.41, 5.74) is 1.16. The average Bonchev–Trinajstić information content (AvgIpc) is 3.28. The van der Waals surface area contributed by atoms with Gasteiger partial charge in [-0.15, -0.1) is 0 Å². The zero-order valence-corrected chi connectivity index (χ0v) is 18.0. The third kappa shape index (κ3) is 4.90. The molecule has 0 saturated carbocycles. The summed E-state index contributed by atoms with van der Waals surface area (Å²) in [6, 6.07) is 3.45. The molecule has 0 aliphatic carbocycles. The van der Waals surface area contributed by atoms with Crippen molar-refractivity contribution in [3.8, 4) is 5.88 Å². The van der Waals surface area contributed by atoms with Crippen molar-refractivity contribution < 1.29 is 31.5 Å². The van der Waals surface area contributed by atoms with Crippen molar-refractivity contribution in [3.05, 3.63) is 76.6 Å². The van der Waals surface area contributed by atoms with Crippen molar-refractivity contribution in [1.82, 2.24) is 24.1 Å². The van der Waals surface area contributed by atoms with Crippen LogP contribution in [0.25, 0.3) is 5.65 Å². The second-order valence-corrected chi connectivity index (χ2v) is 7.68. The van der Waals surface area contributed by atoms with Crippen molar-refractivity contribution in [1.29, 1.82) is 0 Å². The van der Waals surface area contributed by atoms with Crippen LogP contribution in [0.1, 0.15) is 33.0 Å². The first-order chi connectivity index (χ1) is 16.0. The van der Waals surface area contributed by atoms with Gasteiger partial charge in [-0.3, -0.25) is 13.9 Å². The van der Waals surface area contributed by atoms with Gasteiger partial charge in [0.05, 0.1) is 23.1 Å². The quantitative estimate of drug-likeness (QED) is 0.291. The number of ketones is 1. The molecule has 34 heavy (non-hydrogen) atoms. The van der Waals surface area contributed by atoms with Crippen molar-refractivity contribution >= 4 is 11.4 Å². The summed E-state index contributed by atoms with van der Waals surface area (Å²) in [7, 11) is 0. The van der Waals surface area contributed by atoms with Gasteiger partial charge in [-0.2, -0.15) is 18.3 Å². The van der Waals surface area contributed by atoms with Gasteiger partial charge in [-0.1, -0.05) is 6.07 Å². The molecule has 0 aliphatic rings. The summed E-state index contributed by atoms with van der Waals surface area (Å²) >= 11 is 0. The third-order valence-electron chi connectivity index (χ3n) is 4.94. The summed E-state index contributed by atoms with van der Waals surface area (Å²) in [6.07, 6.45) is -0.727. The van der Waals surface area contributed by atoms with Crippen LogP contribution in [-0.4, -0.2) is 36.1 Å². The van der Waals surface area contributed by atoms with Crippen LogP contribution in [0.15, 0.2) is 36.8 Å². The Morgan fingerprint density at radius 3 is 2.47 bits per heavy atom. The van der Waals surface area contributed by atoms with Crippen molar-refractivity contribution in [2.24, 2.45) is 0 Å². The zero-order valence-electron chi connectivity index (χ0n) is 18.0. The third-order valence-corrected chi connectivity index (χ3v) is 4.94. The fraction of sp³-hybridized carbons (Fsp3) is 0.273. The number of carbonyl (C=O) groups is 1. The molecule has 0 amide bonds. The molecule has 12 heteroatoms. The number of imidazole rings is 1. The highest BCUT2D eigenvalue weighted by molar-refractivity contribution is 5.98. The van der Waals surface area contributed by atoms with Crippen LogP contribution in [0.2, 0.25) is 0 Å². The number of ether oxygens (including phenoxy) is 1. The van der Waals surface area contributed by atoms with Crippen molar-refractivity contribution in [2.75, 3.05) is 0 Å². The van der Waals surface area contributed by atoms with E-state index in [9.17, 15) is 26.7 Å². The van der Waals surface area contributed by atoms with Gasteiger partial charge in [-0.05, 0) is 31.5 Å². The molecule has 178 valence electrons. The lowest BCUT2D eigenvalue weighted by atomic mass is 10.1. The Labute approximate surface area is 189 Å². The van der Waals surface area contributed by atoms with E-state index in [1.165, 1.54) is 16.7 Å². The lowest BCUT2D eigenvalue weighted by molar-refractivity contribution is -0.142. The summed E-state index contributed by atoms with van der Waals surface area (Å²) in [5, 5.41) is 3.65. The van der Waals surface area contributed by atoms with Gasteiger partial charge < -0.3 is 4.74 Å². The van der Waals surface area contributed by atoms with Crippen LogP contribution >= 0.6 is 0 Å². The smallest absolute Gasteiger partial charge is 0.408 e. The minimum atomic E-state index is -4.43.